The van der Waals surface area contributed by atoms with Gasteiger partial charge in [0.15, 0.2) is 5.15 Å². The highest BCUT2D eigenvalue weighted by molar-refractivity contribution is 6.33. The summed E-state index contributed by atoms with van der Waals surface area (Å²) in [6.45, 7) is 0. The Balaban J connectivity index is 2.35. The fourth-order valence-electron chi connectivity index (χ4n) is 1.85. The minimum atomic E-state index is -0.262. The molecule has 3 rings (SSSR count). The van der Waals surface area contributed by atoms with Crippen LogP contribution in [-0.2, 0) is 0 Å². The molecule has 0 aliphatic heterocycles. The number of hydrogen-bond donors (Lipinski definition) is 1. The van der Waals surface area contributed by atoms with Gasteiger partial charge in [0.1, 0.15) is 5.52 Å². The Bertz CT molecular complexity index is 774. The molecule has 3 aromatic rings. The minimum Gasteiger partial charge on any atom is -0.303 e. The number of aromatic amines is 1. The fraction of sp³-hybridized carbons (Fsp3) is 0. The number of imidazole rings is 1. The molecule has 0 saturated heterocycles. The number of benzene rings is 1. The average molecular weight is 280 g/mol. The molecule has 2 heterocycles. The lowest BCUT2D eigenvalue weighted by Crippen LogP contribution is -2.14. The van der Waals surface area contributed by atoms with Crippen molar-refractivity contribution in [3.05, 3.63) is 57.2 Å². The third kappa shape index (κ3) is 1.70. The molecule has 18 heavy (non-hydrogen) atoms. The van der Waals surface area contributed by atoms with Crippen molar-refractivity contribution in [2.45, 2.75) is 0 Å². The number of hydrogen-bond acceptors (Lipinski definition) is 2. The zero-order valence-electron chi connectivity index (χ0n) is 9.02. The Labute approximate surface area is 112 Å². The maximum atomic E-state index is 12.0. The number of pyridine rings is 1. The summed E-state index contributed by atoms with van der Waals surface area (Å²) in [4.78, 5) is 18.6. The predicted molar refractivity (Wildman–Crippen MR) is 71.7 cm³/mol. The van der Waals surface area contributed by atoms with Crippen molar-refractivity contribution in [1.82, 2.24) is 14.5 Å². The monoisotopic (exact) mass is 279 g/mol. The molecule has 0 amide bonds. The van der Waals surface area contributed by atoms with Crippen LogP contribution in [0.2, 0.25) is 10.2 Å². The third-order valence-corrected chi connectivity index (χ3v) is 3.18. The summed E-state index contributed by atoms with van der Waals surface area (Å²) in [7, 11) is 0. The van der Waals surface area contributed by atoms with Gasteiger partial charge in [-0.15, -0.1) is 0 Å². The summed E-state index contributed by atoms with van der Waals surface area (Å²) in [5.41, 5.74) is 1.67. The third-order valence-electron chi connectivity index (χ3n) is 2.64. The Kier molecular flexibility index (Phi) is 2.61. The topological polar surface area (TPSA) is 50.7 Å². The number of nitrogens with zero attached hydrogens (tertiary/aromatic N) is 2. The number of halogens is 2. The van der Waals surface area contributed by atoms with Gasteiger partial charge in [0, 0.05) is 11.2 Å². The molecule has 0 saturated carbocycles. The second kappa shape index (κ2) is 4.15. The normalized spacial score (nSPS) is 11.0. The smallest absolute Gasteiger partial charge is 0.303 e. The van der Waals surface area contributed by atoms with Crippen LogP contribution in [0.4, 0.5) is 0 Å². The van der Waals surface area contributed by atoms with Crippen molar-refractivity contribution >= 4 is 34.2 Å². The van der Waals surface area contributed by atoms with Crippen LogP contribution in [0.15, 0.2) is 41.3 Å². The van der Waals surface area contributed by atoms with Gasteiger partial charge in [0.05, 0.1) is 11.2 Å². The molecule has 0 radical (unpaired) electrons. The second-order valence-corrected chi connectivity index (χ2v) is 4.53. The fourth-order valence-corrected chi connectivity index (χ4v) is 2.17. The van der Waals surface area contributed by atoms with Crippen molar-refractivity contribution in [3.8, 4) is 5.69 Å². The molecule has 0 atom stereocenters. The van der Waals surface area contributed by atoms with E-state index in [-0.39, 0.29) is 10.8 Å². The van der Waals surface area contributed by atoms with Crippen molar-refractivity contribution in [2.75, 3.05) is 0 Å². The van der Waals surface area contributed by atoms with Gasteiger partial charge >= 0.3 is 5.69 Å². The standard InChI is InChI=1S/C12H7Cl2N3O/c13-7-1-3-8(4-2-7)17-9-5-6-15-11(14)10(9)16-12(17)18/h1-6H,(H,16,18). The molecule has 1 N–H and O–H groups in total. The van der Waals surface area contributed by atoms with E-state index in [0.717, 1.165) is 5.69 Å². The van der Waals surface area contributed by atoms with Crippen LogP contribution in [0.25, 0.3) is 16.7 Å². The molecule has 0 spiro atoms. The predicted octanol–water partition coefficient (Wildman–Crippen LogP) is 3.02. The molecule has 0 bridgehead atoms. The summed E-state index contributed by atoms with van der Waals surface area (Å²) >= 11 is 11.8. The van der Waals surface area contributed by atoms with Crippen molar-refractivity contribution in [3.63, 3.8) is 0 Å². The van der Waals surface area contributed by atoms with Gasteiger partial charge in [0.2, 0.25) is 0 Å². The van der Waals surface area contributed by atoms with E-state index in [0.29, 0.717) is 16.1 Å². The molecule has 6 heteroatoms. The first kappa shape index (κ1) is 11.3. The molecule has 90 valence electrons. The van der Waals surface area contributed by atoms with Crippen LogP contribution in [0, 0.1) is 0 Å². The van der Waals surface area contributed by atoms with Crippen LogP contribution in [0.3, 0.4) is 0 Å². The second-order valence-electron chi connectivity index (χ2n) is 3.74. The van der Waals surface area contributed by atoms with E-state index in [9.17, 15) is 4.79 Å². The van der Waals surface area contributed by atoms with Crippen molar-refractivity contribution in [2.24, 2.45) is 0 Å². The van der Waals surface area contributed by atoms with E-state index in [1.165, 1.54) is 4.57 Å². The van der Waals surface area contributed by atoms with E-state index < -0.39 is 0 Å². The molecular weight excluding hydrogens is 273 g/mol. The molecule has 0 aliphatic carbocycles. The van der Waals surface area contributed by atoms with Gasteiger partial charge in [-0.3, -0.25) is 4.57 Å². The Morgan fingerprint density at radius 1 is 1.11 bits per heavy atom. The van der Waals surface area contributed by atoms with Gasteiger partial charge in [0.25, 0.3) is 0 Å². The first-order valence-corrected chi connectivity index (χ1v) is 5.93. The zero-order valence-corrected chi connectivity index (χ0v) is 10.5. The molecule has 2 aromatic heterocycles. The van der Waals surface area contributed by atoms with Crippen LogP contribution in [-0.4, -0.2) is 14.5 Å². The Morgan fingerprint density at radius 2 is 1.83 bits per heavy atom. The van der Waals surface area contributed by atoms with E-state index in [4.69, 9.17) is 23.2 Å². The van der Waals surface area contributed by atoms with E-state index >= 15 is 0 Å². The largest absolute Gasteiger partial charge is 0.331 e. The minimum absolute atomic E-state index is 0.262. The zero-order chi connectivity index (χ0) is 12.7. The molecule has 0 fully saturated rings. The number of fused-ring (bicyclic) bond motifs is 1. The van der Waals surface area contributed by atoms with E-state index in [1.54, 1.807) is 36.5 Å². The first-order valence-electron chi connectivity index (χ1n) is 5.18. The summed E-state index contributed by atoms with van der Waals surface area (Å²) in [5.74, 6) is 0. The van der Waals surface area contributed by atoms with Crippen molar-refractivity contribution < 1.29 is 0 Å². The van der Waals surface area contributed by atoms with Gasteiger partial charge in [-0.25, -0.2) is 9.78 Å². The van der Waals surface area contributed by atoms with Gasteiger partial charge in [-0.05, 0) is 30.3 Å². The molecule has 0 aliphatic rings. The molecule has 0 unspecified atom stereocenters. The van der Waals surface area contributed by atoms with E-state index in [1.807, 2.05) is 0 Å². The lowest BCUT2D eigenvalue weighted by atomic mass is 10.3. The maximum absolute atomic E-state index is 12.0. The lowest BCUT2D eigenvalue weighted by molar-refractivity contribution is 1.02. The summed E-state index contributed by atoms with van der Waals surface area (Å²) in [6, 6.07) is 8.72. The van der Waals surface area contributed by atoms with Crippen LogP contribution < -0.4 is 5.69 Å². The maximum Gasteiger partial charge on any atom is 0.331 e. The number of aromatic nitrogens is 3. The van der Waals surface area contributed by atoms with Gasteiger partial charge in [-0.2, -0.15) is 0 Å². The first-order chi connectivity index (χ1) is 8.66. The summed E-state index contributed by atoms with van der Waals surface area (Å²) < 4.78 is 1.53. The highest BCUT2D eigenvalue weighted by Crippen LogP contribution is 2.21. The Morgan fingerprint density at radius 3 is 2.56 bits per heavy atom. The average Bonchev–Trinajstić information content (AvgIpc) is 2.69. The van der Waals surface area contributed by atoms with Crippen LogP contribution in [0.1, 0.15) is 0 Å². The SMILES string of the molecule is O=c1[nH]c2c(Cl)nccc2n1-c1ccc(Cl)cc1. The number of rotatable bonds is 1. The molecule has 4 nitrogen and oxygen atoms in total. The van der Waals surface area contributed by atoms with Crippen LogP contribution in [0.5, 0.6) is 0 Å². The lowest BCUT2D eigenvalue weighted by Gasteiger charge is -2.03. The molecule has 1 aromatic carbocycles. The molecular formula is C12H7Cl2N3O. The highest BCUT2D eigenvalue weighted by Gasteiger charge is 2.11. The Hall–Kier alpha value is -1.78. The van der Waals surface area contributed by atoms with Gasteiger partial charge < -0.3 is 4.98 Å². The summed E-state index contributed by atoms with van der Waals surface area (Å²) in [5, 5.41) is 0.892. The quantitative estimate of drug-likeness (QED) is 0.696. The number of nitrogens with one attached hydrogen (secondary N) is 1. The van der Waals surface area contributed by atoms with Gasteiger partial charge in [-0.1, -0.05) is 23.2 Å². The van der Waals surface area contributed by atoms with Crippen molar-refractivity contribution in [1.29, 1.82) is 0 Å². The highest BCUT2D eigenvalue weighted by atomic mass is 35.5. The summed E-state index contributed by atoms with van der Waals surface area (Å²) in [6.07, 6.45) is 1.56. The number of H-pyrrole nitrogens is 1. The van der Waals surface area contributed by atoms with E-state index in [2.05, 4.69) is 9.97 Å². The van der Waals surface area contributed by atoms with Crippen LogP contribution >= 0.6 is 23.2 Å².